The molecule has 10 heteroatoms. The Bertz CT molecular complexity index is 1090. The van der Waals surface area contributed by atoms with Crippen molar-refractivity contribution in [2.24, 2.45) is 0 Å². The molecule has 0 saturated heterocycles. The average molecular weight is 446 g/mol. The molecular weight excluding hydrogens is 429 g/mol. The topological polar surface area (TPSA) is 84.0 Å². The number of carbonyl (C=O) groups is 2. The van der Waals surface area contributed by atoms with Crippen LogP contribution >= 0.6 is 11.8 Å². The van der Waals surface area contributed by atoms with Crippen LogP contribution in [0.15, 0.2) is 70.8 Å². The summed E-state index contributed by atoms with van der Waals surface area (Å²) in [5, 5.41) is 5.87. The summed E-state index contributed by atoms with van der Waals surface area (Å²) in [7, 11) is 0. The highest BCUT2D eigenvalue weighted by molar-refractivity contribution is 7.99. The highest BCUT2D eigenvalue weighted by atomic mass is 32.2. The Morgan fingerprint density at radius 1 is 1.00 bits per heavy atom. The number of hydrogen-bond acceptors (Lipinski definition) is 5. The lowest BCUT2D eigenvalue weighted by molar-refractivity contribution is -0.137. The SMILES string of the molecule is CC(=O)Nc1cc(Sc2ccc(NC(=O)Cc3cccc(C(F)(F)F)c3)cc2)ncn1. The third-order valence-corrected chi connectivity index (χ3v) is 4.87. The maximum absolute atomic E-state index is 12.8. The normalized spacial score (nSPS) is 11.1. The molecule has 0 saturated carbocycles. The largest absolute Gasteiger partial charge is 0.416 e. The van der Waals surface area contributed by atoms with Crippen LogP contribution < -0.4 is 10.6 Å². The molecule has 1 heterocycles. The summed E-state index contributed by atoms with van der Waals surface area (Å²) in [5.74, 6) is -0.265. The molecule has 3 aromatic rings. The smallest absolute Gasteiger partial charge is 0.326 e. The lowest BCUT2D eigenvalue weighted by atomic mass is 10.1. The van der Waals surface area contributed by atoms with Gasteiger partial charge in [-0.25, -0.2) is 9.97 Å². The molecule has 160 valence electrons. The first-order chi connectivity index (χ1) is 14.7. The van der Waals surface area contributed by atoms with E-state index < -0.39 is 17.6 Å². The van der Waals surface area contributed by atoms with Crippen LogP contribution in [-0.4, -0.2) is 21.8 Å². The first-order valence-electron chi connectivity index (χ1n) is 9.02. The van der Waals surface area contributed by atoms with Crippen LogP contribution in [0.5, 0.6) is 0 Å². The molecule has 0 spiro atoms. The summed E-state index contributed by atoms with van der Waals surface area (Å²) < 4.78 is 38.4. The summed E-state index contributed by atoms with van der Waals surface area (Å²) >= 11 is 1.34. The molecule has 31 heavy (non-hydrogen) atoms. The quantitative estimate of drug-likeness (QED) is 0.532. The van der Waals surface area contributed by atoms with Gasteiger partial charge >= 0.3 is 6.18 Å². The van der Waals surface area contributed by atoms with E-state index in [1.807, 2.05) is 0 Å². The highest BCUT2D eigenvalue weighted by Crippen LogP contribution is 2.30. The molecule has 0 aliphatic carbocycles. The second-order valence-corrected chi connectivity index (χ2v) is 7.57. The van der Waals surface area contributed by atoms with Crippen LogP contribution in [0.1, 0.15) is 18.1 Å². The van der Waals surface area contributed by atoms with Gasteiger partial charge in [0.15, 0.2) is 0 Å². The number of anilines is 2. The van der Waals surface area contributed by atoms with Gasteiger partial charge in [-0.2, -0.15) is 13.2 Å². The van der Waals surface area contributed by atoms with Crippen molar-refractivity contribution in [3.05, 3.63) is 72.1 Å². The zero-order valence-electron chi connectivity index (χ0n) is 16.2. The summed E-state index contributed by atoms with van der Waals surface area (Å²) in [5.41, 5.74) is 0.00625. The van der Waals surface area contributed by atoms with Gasteiger partial charge in [-0.15, -0.1) is 0 Å². The lowest BCUT2D eigenvalue weighted by Crippen LogP contribution is -2.15. The zero-order valence-corrected chi connectivity index (χ0v) is 17.1. The molecule has 0 unspecified atom stereocenters. The number of benzene rings is 2. The van der Waals surface area contributed by atoms with Gasteiger partial charge in [0, 0.05) is 23.6 Å². The van der Waals surface area contributed by atoms with Gasteiger partial charge in [-0.1, -0.05) is 30.0 Å². The molecule has 0 radical (unpaired) electrons. The fourth-order valence-electron chi connectivity index (χ4n) is 2.62. The van der Waals surface area contributed by atoms with Crippen LogP contribution in [0.25, 0.3) is 0 Å². The summed E-state index contributed by atoms with van der Waals surface area (Å²) in [6, 6.07) is 13.2. The minimum absolute atomic E-state index is 0.173. The van der Waals surface area contributed by atoms with Gasteiger partial charge in [0.25, 0.3) is 0 Å². The van der Waals surface area contributed by atoms with E-state index >= 15 is 0 Å². The van der Waals surface area contributed by atoms with Gasteiger partial charge in [-0.3, -0.25) is 9.59 Å². The first kappa shape index (κ1) is 22.3. The monoisotopic (exact) mass is 446 g/mol. The number of amides is 2. The van der Waals surface area contributed by atoms with Crippen LogP contribution in [0.2, 0.25) is 0 Å². The average Bonchev–Trinajstić information content (AvgIpc) is 2.69. The Labute approximate surface area is 180 Å². The van der Waals surface area contributed by atoms with E-state index in [-0.39, 0.29) is 17.9 Å². The molecule has 0 fully saturated rings. The molecule has 0 bridgehead atoms. The van der Waals surface area contributed by atoms with Gasteiger partial charge in [0.2, 0.25) is 11.8 Å². The summed E-state index contributed by atoms with van der Waals surface area (Å²) in [6.45, 7) is 1.38. The van der Waals surface area contributed by atoms with Crippen molar-refractivity contribution in [3.8, 4) is 0 Å². The zero-order chi connectivity index (χ0) is 22.4. The predicted molar refractivity (Wildman–Crippen MR) is 111 cm³/mol. The van der Waals surface area contributed by atoms with Crippen LogP contribution in [0.3, 0.4) is 0 Å². The Hall–Kier alpha value is -3.40. The van der Waals surface area contributed by atoms with E-state index in [0.29, 0.717) is 16.5 Å². The maximum atomic E-state index is 12.8. The minimum Gasteiger partial charge on any atom is -0.326 e. The molecule has 3 rings (SSSR count). The van der Waals surface area contributed by atoms with Crippen molar-refractivity contribution in [2.45, 2.75) is 29.4 Å². The standard InChI is InChI=1S/C21H17F3N4O2S/c1-13(29)27-18-11-20(26-12-25-18)31-17-7-5-16(6-8-17)28-19(30)10-14-3-2-4-15(9-14)21(22,23)24/h2-9,11-12H,10H2,1H3,(H,28,30)(H,25,26,27,29). The third kappa shape index (κ3) is 6.82. The minimum atomic E-state index is -4.45. The van der Waals surface area contributed by atoms with Crippen molar-refractivity contribution < 1.29 is 22.8 Å². The molecule has 0 aliphatic heterocycles. The Morgan fingerprint density at radius 3 is 2.42 bits per heavy atom. The van der Waals surface area contributed by atoms with E-state index in [1.165, 1.54) is 37.1 Å². The Kier molecular flexibility index (Phi) is 6.91. The summed E-state index contributed by atoms with van der Waals surface area (Å²) in [4.78, 5) is 32.2. The second-order valence-electron chi connectivity index (χ2n) is 6.47. The van der Waals surface area contributed by atoms with Gasteiger partial charge in [0.1, 0.15) is 17.2 Å². The molecule has 0 atom stereocenters. The lowest BCUT2D eigenvalue weighted by Gasteiger charge is -2.09. The number of rotatable bonds is 6. The predicted octanol–water partition coefficient (Wildman–Crippen LogP) is 4.79. The molecule has 2 aromatic carbocycles. The number of carbonyl (C=O) groups excluding carboxylic acids is 2. The molecule has 2 N–H and O–H groups in total. The van der Waals surface area contributed by atoms with Crippen LogP contribution in [-0.2, 0) is 22.2 Å². The number of alkyl halides is 3. The maximum Gasteiger partial charge on any atom is 0.416 e. The fourth-order valence-corrected chi connectivity index (χ4v) is 3.40. The Balaban J connectivity index is 1.59. The van der Waals surface area contributed by atoms with Crippen molar-refractivity contribution in [3.63, 3.8) is 0 Å². The number of nitrogens with zero attached hydrogens (tertiary/aromatic N) is 2. The highest BCUT2D eigenvalue weighted by Gasteiger charge is 2.30. The van der Waals surface area contributed by atoms with E-state index in [9.17, 15) is 22.8 Å². The van der Waals surface area contributed by atoms with Gasteiger partial charge in [0.05, 0.1) is 12.0 Å². The van der Waals surface area contributed by atoms with E-state index in [2.05, 4.69) is 20.6 Å². The molecule has 1 aromatic heterocycles. The molecular formula is C21H17F3N4O2S. The van der Waals surface area contributed by atoms with Crippen LogP contribution in [0, 0.1) is 0 Å². The number of aromatic nitrogens is 2. The second kappa shape index (κ2) is 9.61. The third-order valence-electron chi connectivity index (χ3n) is 3.93. The van der Waals surface area contributed by atoms with Crippen molar-refractivity contribution in [1.29, 1.82) is 0 Å². The van der Waals surface area contributed by atoms with E-state index in [1.54, 1.807) is 30.3 Å². The molecule has 2 amide bonds. The molecule has 6 nitrogen and oxygen atoms in total. The Morgan fingerprint density at radius 2 is 1.74 bits per heavy atom. The summed E-state index contributed by atoms with van der Waals surface area (Å²) in [6.07, 6.45) is -3.28. The fraction of sp³-hybridized carbons (Fsp3) is 0.143. The van der Waals surface area contributed by atoms with Crippen molar-refractivity contribution in [2.75, 3.05) is 10.6 Å². The first-order valence-corrected chi connectivity index (χ1v) is 9.84. The van der Waals surface area contributed by atoms with Gasteiger partial charge in [-0.05, 0) is 35.9 Å². The van der Waals surface area contributed by atoms with Gasteiger partial charge < -0.3 is 10.6 Å². The van der Waals surface area contributed by atoms with E-state index in [0.717, 1.165) is 17.0 Å². The van der Waals surface area contributed by atoms with Crippen molar-refractivity contribution in [1.82, 2.24) is 9.97 Å². The number of nitrogens with one attached hydrogen (secondary N) is 2. The molecule has 0 aliphatic rings. The van der Waals surface area contributed by atoms with Crippen molar-refractivity contribution >= 4 is 35.1 Å². The van der Waals surface area contributed by atoms with E-state index in [4.69, 9.17) is 0 Å². The van der Waals surface area contributed by atoms with Crippen LogP contribution in [0.4, 0.5) is 24.7 Å². The number of halogens is 3. The number of hydrogen-bond donors (Lipinski definition) is 2.